The van der Waals surface area contributed by atoms with Crippen molar-refractivity contribution in [3.63, 3.8) is 0 Å². The van der Waals surface area contributed by atoms with Gasteiger partial charge in [0.1, 0.15) is 0 Å². The first-order chi connectivity index (χ1) is 12.6. The number of hydrogen-bond acceptors (Lipinski definition) is 1. The predicted molar refractivity (Wildman–Crippen MR) is 115 cm³/mol. The molecule has 26 heavy (non-hydrogen) atoms. The standard InChI is InChI=1S/C13H27.C10H9N2.Sn/c1-4-7-10-13(11-8-5-2)12-9-6-3;1-9-7-12(8-11-9)10-5-3-2-4-6-10;/h4-12H2,1-3H3;3-8H,1H3;. The Morgan fingerprint density at radius 3 is 1.85 bits per heavy atom. The minimum atomic E-state index is -0.620. The van der Waals surface area contributed by atoms with E-state index in [2.05, 4.69) is 60.8 Å². The molecule has 3 heteroatoms. The number of unbranched alkanes of at least 4 members (excludes halogenated alkanes) is 3. The number of imidazole rings is 1. The van der Waals surface area contributed by atoms with Gasteiger partial charge in [0.2, 0.25) is 0 Å². The molecule has 1 heterocycles. The topological polar surface area (TPSA) is 17.8 Å². The number of aryl methyl sites for hydroxylation is 1. The van der Waals surface area contributed by atoms with E-state index in [9.17, 15) is 0 Å². The molecule has 142 valence electrons. The van der Waals surface area contributed by atoms with E-state index in [1.54, 1.807) is 3.58 Å². The summed E-state index contributed by atoms with van der Waals surface area (Å²) in [5.74, 6) is 0. The van der Waals surface area contributed by atoms with Gasteiger partial charge in [0, 0.05) is 0 Å². The third-order valence-electron chi connectivity index (χ3n) is 5.31. The van der Waals surface area contributed by atoms with Crippen molar-refractivity contribution in [3.05, 3.63) is 42.5 Å². The van der Waals surface area contributed by atoms with Gasteiger partial charge >= 0.3 is 171 Å². The maximum absolute atomic E-state index is 4.35. The van der Waals surface area contributed by atoms with Gasteiger partial charge in [-0.25, -0.2) is 0 Å². The van der Waals surface area contributed by atoms with E-state index in [-0.39, 0.29) is 0 Å². The molecule has 1 aromatic carbocycles. The summed E-state index contributed by atoms with van der Waals surface area (Å²) < 4.78 is 4.46. The normalized spacial score (nSPS) is 11.8. The molecule has 1 aromatic heterocycles. The van der Waals surface area contributed by atoms with Crippen LogP contribution in [0.15, 0.2) is 36.8 Å². The molecule has 0 bridgehead atoms. The van der Waals surface area contributed by atoms with E-state index < -0.39 is 21.1 Å². The van der Waals surface area contributed by atoms with Crippen molar-refractivity contribution in [2.45, 2.75) is 88.9 Å². The summed E-state index contributed by atoms with van der Waals surface area (Å²) in [6.07, 6.45) is 16.6. The Hall–Kier alpha value is -0.771. The van der Waals surface area contributed by atoms with Crippen molar-refractivity contribution >= 4 is 24.7 Å². The van der Waals surface area contributed by atoms with Crippen LogP contribution < -0.4 is 3.58 Å². The average molecular weight is 459 g/mol. The van der Waals surface area contributed by atoms with Crippen LogP contribution in [0, 0.1) is 6.92 Å². The maximum atomic E-state index is 4.35. The van der Waals surface area contributed by atoms with E-state index >= 15 is 0 Å². The van der Waals surface area contributed by atoms with Crippen molar-refractivity contribution in [1.82, 2.24) is 9.55 Å². The fourth-order valence-corrected chi connectivity index (χ4v) is 8.98. The Bertz CT molecular complexity index is 608. The average Bonchev–Trinajstić information content (AvgIpc) is 3.10. The van der Waals surface area contributed by atoms with Crippen LogP contribution in [0.5, 0.6) is 0 Å². The molecule has 0 amide bonds. The summed E-state index contributed by atoms with van der Waals surface area (Å²) in [5, 5.41) is 0. The van der Waals surface area contributed by atoms with Gasteiger partial charge in [-0.3, -0.25) is 0 Å². The zero-order valence-corrected chi connectivity index (χ0v) is 20.1. The van der Waals surface area contributed by atoms with Gasteiger partial charge in [-0.2, -0.15) is 0 Å². The Balaban J connectivity index is 2.16. The van der Waals surface area contributed by atoms with Gasteiger partial charge in [-0.1, -0.05) is 0 Å². The Morgan fingerprint density at radius 1 is 0.885 bits per heavy atom. The van der Waals surface area contributed by atoms with Crippen LogP contribution in [-0.2, 0) is 0 Å². The first-order valence-electron chi connectivity index (χ1n) is 10.5. The number of benzene rings is 1. The van der Waals surface area contributed by atoms with E-state index in [1.807, 2.05) is 13.3 Å². The van der Waals surface area contributed by atoms with Gasteiger partial charge < -0.3 is 0 Å². The van der Waals surface area contributed by atoms with Crippen molar-refractivity contribution in [3.8, 4) is 5.69 Å². The predicted octanol–water partition coefficient (Wildman–Crippen LogP) is 6.24. The molecule has 0 aliphatic rings. The van der Waals surface area contributed by atoms with Crippen molar-refractivity contribution in [1.29, 1.82) is 0 Å². The molecule has 0 atom stereocenters. The summed E-state index contributed by atoms with van der Waals surface area (Å²) in [6.45, 7) is 9.08. The van der Waals surface area contributed by atoms with E-state index in [0.29, 0.717) is 3.43 Å². The van der Waals surface area contributed by atoms with Crippen LogP contribution in [0.25, 0.3) is 5.69 Å². The molecule has 2 rings (SSSR count). The summed E-state index contributed by atoms with van der Waals surface area (Å²) in [4.78, 5) is 4.35. The van der Waals surface area contributed by atoms with Crippen molar-refractivity contribution in [2.24, 2.45) is 0 Å². The van der Waals surface area contributed by atoms with Crippen LogP contribution in [0.4, 0.5) is 0 Å². The fraction of sp³-hybridized carbons (Fsp3) is 0.609. The van der Waals surface area contributed by atoms with Crippen LogP contribution in [-0.4, -0.2) is 30.7 Å². The first-order valence-corrected chi connectivity index (χ1v) is 13.4. The summed E-state index contributed by atoms with van der Waals surface area (Å²) in [5.41, 5.74) is 2.30. The first kappa shape index (κ1) is 21.5. The Kier molecular flexibility index (Phi) is 9.24. The van der Waals surface area contributed by atoms with E-state index in [1.165, 1.54) is 63.5 Å². The molecule has 0 saturated heterocycles. The van der Waals surface area contributed by atoms with Crippen molar-refractivity contribution < 1.29 is 0 Å². The molecule has 2 nitrogen and oxygen atoms in total. The molecular weight excluding hydrogens is 423 g/mol. The SMILES string of the molecule is CCCC[C](CCCC)(CCCC)[Sn][c]1ccc(-n2cnc(C)c2)cc1. The molecule has 0 saturated carbocycles. The molecule has 0 spiro atoms. The Morgan fingerprint density at radius 2 is 1.42 bits per heavy atom. The quantitative estimate of drug-likeness (QED) is 0.344. The molecule has 0 N–H and O–H groups in total. The third kappa shape index (κ3) is 6.44. The summed E-state index contributed by atoms with van der Waals surface area (Å²) in [6, 6.07) is 9.41. The molecule has 0 aliphatic carbocycles. The monoisotopic (exact) mass is 460 g/mol. The van der Waals surface area contributed by atoms with Crippen LogP contribution >= 0.6 is 0 Å². The van der Waals surface area contributed by atoms with Crippen molar-refractivity contribution in [2.75, 3.05) is 0 Å². The molecule has 0 aliphatic heterocycles. The zero-order valence-electron chi connectivity index (χ0n) is 17.2. The second-order valence-corrected chi connectivity index (χ2v) is 13.1. The summed E-state index contributed by atoms with van der Waals surface area (Å²) in [7, 11) is 0. The summed E-state index contributed by atoms with van der Waals surface area (Å²) >= 11 is -0.620. The zero-order chi connectivity index (χ0) is 18.8. The van der Waals surface area contributed by atoms with Crippen LogP contribution in [0.3, 0.4) is 0 Å². The number of hydrogen-bond donors (Lipinski definition) is 0. The second kappa shape index (κ2) is 11.2. The number of rotatable bonds is 12. The Labute approximate surface area is 171 Å². The number of nitrogens with zero attached hydrogens (tertiary/aromatic N) is 2. The van der Waals surface area contributed by atoms with Crippen LogP contribution in [0.2, 0.25) is 3.43 Å². The fourth-order valence-electron chi connectivity index (χ4n) is 3.69. The second-order valence-electron chi connectivity index (χ2n) is 7.69. The minimum absolute atomic E-state index is 0.620. The van der Waals surface area contributed by atoms with E-state index in [0.717, 1.165) is 5.69 Å². The molecule has 2 aromatic rings. The number of aromatic nitrogens is 2. The van der Waals surface area contributed by atoms with Gasteiger partial charge in [0.15, 0.2) is 0 Å². The molecule has 0 fully saturated rings. The van der Waals surface area contributed by atoms with Gasteiger partial charge in [0.05, 0.1) is 0 Å². The third-order valence-corrected chi connectivity index (χ3v) is 10.7. The van der Waals surface area contributed by atoms with Gasteiger partial charge in [-0.05, 0) is 0 Å². The molecular formula is C23H36N2Sn. The van der Waals surface area contributed by atoms with Crippen LogP contribution in [0.1, 0.15) is 84.3 Å². The van der Waals surface area contributed by atoms with Gasteiger partial charge in [-0.15, -0.1) is 0 Å². The molecule has 2 radical (unpaired) electrons. The van der Waals surface area contributed by atoms with E-state index in [4.69, 9.17) is 0 Å². The molecule has 0 unspecified atom stereocenters. The van der Waals surface area contributed by atoms with Gasteiger partial charge in [0.25, 0.3) is 0 Å².